The first-order chi connectivity index (χ1) is 7.28. The summed E-state index contributed by atoms with van der Waals surface area (Å²) in [4.78, 5) is 4.29. The first-order valence-corrected chi connectivity index (χ1v) is 6.31. The van der Waals surface area contributed by atoms with Crippen LogP contribution in [0.2, 0.25) is 5.02 Å². The average molecular weight is 352 g/mol. The number of halogens is 2. The van der Waals surface area contributed by atoms with E-state index in [-0.39, 0.29) is 5.54 Å². The molecule has 88 valence electrons. The molecule has 0 aliphatic rings. The van der Waals surface area contributed by atoms with E-state index in [2.05, 4.69) is 32.9 Å². The topological polar surface area (TPSA) is 50.4 Å². The molecule has 1 rings (SSSR count). The fourth-order valence-electron chi connectivity index (χ4n) is 1.12. The second-order valence-corrected chi connectivity index (χ2v) is 6.07. The van der Waals surface area contributed by atoms with Gasteiger partial charge < -0.3 is 11.1 Å². The highest BCUT2D eigenvalue weighted by Gasteiger charge is 2.09. The van der Waals surface area contributed by atoms with Crippen molar-refractivity contribution in [2.75, 3.05) is 5.32 Å². The highest BCUT2D eigenvalue weighted by Crippen LogP contribution is 2.23. The van der Waals surface area contributed by atoms with Crippen LogP contribution < -0.4 is 11.1 Å². The molecular weight excluding hydrogens is 336 g/mol. The van der Waals surface area contributed by atoms with Crippen molar-refractivity contribution in [3.05, 3.63) is 26.8 Å². The van der Waals surface area contributed by atoms with Gasteiger partial charge in [-0.3, -0.25) is 0 Å². The molecule has 0 radical (unpaired) electrons. The van der Waals surface area contributed by atoms with Crippen molar-refractivity contribution in [1.82, 2.24) is 0 Å². The van der Waals surface area contributed by atoms with Crippen LogP contribution in [0.25, 0.3) is 0 Å². The molecule has 0 aromatic heterocycles. The van der Waals surface area contributed by atoms with Crippen molar-refractivity contribution in [3.8, 4) is 0 Å². The van der Waals surface area contributed by atoms with E-state index >= 15 is 0 Å². The first-order valence-electron chi connectivity index (χ1n) is 4.85. The molecule has 5 heteroatoms. The van der Waals surface area contributed by atoms with Gasteiger partial charge in [-0.05, 0) is 61.6 Å². The Bertz CT molecular complexity index is 410. The smallest absolute Gasteiger partial charge is 0.193 e. The molecule has 1 aromatic rings. The molecule has 0 saturated carbocycles. The number of guanidine groups is 1. The zero-order valence-electron chi connectivity index (χ0n) is 9.51. The van der Waals surface area contributed by atoms with Crippen LogP contribution in [0.5, 0.6) is 0 Å². The largest absolute Gasteiger partial charge is 0.370 e. The molecule has 0 aliphatic carbocycles. The molecule has 3 nitrogen and oxygen atoms in total. The maximum atomic E-state index is 6.07. The number of nitrogens with two attached hydrogens (primary N) is 1. The van der Waals surface area contributed by atoms with Gasteiger partial charge in [-0.2, -0.15) is 0 Å². The molecule has 0 saturated heterocycles. The Labute approximate surface area is 115 Å². The first kappa shape index (κ1) is 13.6. The lowest BCUT2D eigenvalue weighted by atomic mass is 10.1. The molecule has 16 heavy (non-hydrogen) atoms. The second-order valence-electron chi connectivity index (χ2n) is 4.42. The molecule has 1 aromatic carbocycles. The highest BCUT2D eigenvalue weighted by atomic mass is 127. The minimum Gasteiger partial charge on any atom is -0.370 e. The summed E-state index contributed by atoms with van der Waals surface area (Å²) in [5.74, 6) is 0.371. The van der Waals surface area contributed by atoms with E-state index in [1.807, 2.05) is 39.0 Å². The van der Waals surface area contributed by atoms with Crippen LogP contribution in [0, 0.1) is 3.57 Å². The summed E-state index contributed by atoms with van der Waals surface area (Å²) in [6.45, 7) is 5.95. The van der Waals surface area contributed by atoms with E-state index in [4.69, 9.17) is 17.3 Å². The Morgan fingerprint density at radius 2 is 2.06 bits per heavy atom. The number of rotatable bonds is 1. The van der Waals surface area contributed by atoms with Crippen LogP contribution in [0.3, 0.4) is 0 Å². The highest BCUT2D eigenvalue weighted by molar-refractivity contribution is 14.1. The molecule has 0 bridgehead atoms. The third-order valence-electron chi connectivity index (χ3n) is 1.65. The number of benzene rings is 1. The minimum atomic E-state index is -0.202. The number of anilines is 1. The van der Waals surface area contributed by atoms with Gasteiger partial charge in [-0.25, -0.2) is 4.99 Å². The standard InChI is InChI=1S/C11H15ClIN3/c1-11(2,3)16-10(14)15-9-5-4-7(13)6-8(9)12/h4-6H,1-3H3,(H3,14,15,16). The summed E-state index contributed by atoms with van der Waals surface area (Å²) in [6.07, 6.45) is 0. The molecule has 0 fully saturated rings. The molecule has 0 aliphatic heterocycles. The van der Waals surface area contributed by atoms with Crippen molar-refractivity contribution in [3.63, 3.8) is 0 Å². The number of hydrogen-bond donors (Lipinski definition) is 2. The van der Waals surface area contributed by atoms with E-state index in [1.54, 1.807) is 0 Å². The van der Waals surface area contributed by atoms with Gasteiger partial charge >= 0.3 is 0 Å². The number of nitrogens with zero attached hydrogens (tertiary/aromatic N) is 1. The monoisotopic (exact) mass is 351 g/mol. The number of nitrogens with one attached hydrogen (secondary N) is 1. The third kappa shape index (κ3) is 4.57. The maximum Gasteiger partial charge on any atom is 0.193 e. The van der Waals surface area contributed by atoms with Crippen molar-refractivity contribution < 1.29 is 0 Å². The molecule has 0 spiro atoms. The van der Waals surface area contributed by atoms with Gasteiger partial charge in [0, 0.05) is 3.57 Å². The molecule has 0 unspecified atom stereocenters. The lowest BCUT2D eigenvalue weighted by molar-refractivity contribution is 0.583. The van der Waals surface area contributed by atoms with Gasteiger partial charge in [-0.1, -0.05) is 11.6 Å². The molecule has 0 heterocycles. The predicted octanol–water partition coefficient (Wildman–Crippen LogP) is 3.47. The number of hydrogen-bond acceptors (Lipinski definition) is 1. The van der Waals surface area contributed by atoms with Gasteiger partial charge in [0.1, 0.15) is 0 Å². The SMILES string of the molecule is CC(C)(C)N=C(N)Nc1ccc(I)cc1Cl. The summed E-state index contributed by atoms with van der Waals surface area (Å²) in [5.41, 5.74) is 6.35. The quantitative estimate of drug-likeness (QED) is 0.462. The third-order valence-corrected chi connectivity index (χ3v) is 2.63. The zero-order chi connectivity index (χ0) is 12.3. The lowest BCUT2D eigenvalue weighted by Gasteiger charge is -2.15. The van der Waals surface area contributed by atoms with Crippen LogP contribution >= 0.6 is 34.2 Å². The predicted molar refractivity (Wildman–Crippen MR) is 79.2 cm³/mol. The van der Waals surface area contributed by atoms with Crippen LogP contribution in [0.4, 0.5) is 5.69 Å². The Morgan fingerprint density at radius 3 is 2.56 bits per heavy atom. The lowest BCUT2D eigenvalue weighted by Crippen LogP contribution is -2.27. The van der Waals surface area contributed by atoms with Crippen LogP contribution in [-0.4, -0.2) is 11.5 Å². The summed E-state index contributed by atoms with van der Waals surface area (Å²) in [5, 5.41) is 3.62. The summed E-state index contributed by atoms with van der Waals surface area (Å²) in [7, 11) is 0. The number of aliphatic imine (C=N–C) groups is 1. The Hall–Kier alpha value is -0.490. The van der Waals surface area contributed by atoms with Crippen LogP contribution in [0.15, 0.2) is 23.2 Å². The van der Waals surface area contributed by atoms with Gasteiger partial charge in [-0.15, -0.1) is 0 Å². The zero-order valence-corrected chi connectivity index (χ0v) is 12.4. The van der Waals surface area contributed by atoms with E-state index in [9.17, 15) is 0 Å². The van der Waals surface area contributed by atoms with E-state index in [1.165, 1.54) is 0 Å². The Kier molecular flexibility index (Phi) is 4.43. The fraction of sp³-hybridized carbons (Fsp3) is 0.364. The van der Waals surface area contributed by atoms with Gasteiger partial charge in [0.2, 0.25) is 0 Å². The minimum absolute atomic E-state index is 0.202. The molecule has 0 amide bonds. The summed E-state index contributed by atoms with van der Waals surface area (Å²) >= 11 is 8.27. The van der Waals surface area contributed by atoms with E-state index < -0.39 is 0 Å². The fourth-order valence-corrected chi connectivity index (χ4v) is 2.02. The normalized spacial score (nSPS) is 12.7. The van der Waals surface area contributed by atoms with Crippen LogP contribution in [0.1, 0.15) is 20.8 Å². The Morgan fingerprint density at radius 1 is 1.44 bits per heavy atom. The van der Waals surface area contributed by atoms with Crippen molar-refractivity contribution in [2.24, 2.45) is 10.7 Å². The summed E-state index contributed by atoms with van der Waals surface area (Å²) < 4.78 is 1.08. The maximum absolute atomic E-state index is 6.07. The van der Waals surface area contributed by atoms with Crippen LogP contribution in [-0.2, 0) is 0 Å². The Balaban J connectivity index is 2.85. The van der Waals surface area contributed by atoms with E-state index in [0.717, 1.165) is 9.26 Å². The summed E-state index contributed by atoms with van der Waals surface area (Å²) in [6, 6.07) is 5.71. The molecule has 0 atom stereocenters. The van der Waals surface area contributed by atoms with Gasteiger partial charge in [0.15, 0.2) is 5.96 Å². The van der Waals surface area contributed by atoms with Gasteiger partial charge in [0.25, 0.3) is 0 Å². The average Bonchev–Trinajstić information content (AvgIpc) is 2.06. The second kappa shape index (κ2) is 5.23. The molecule has 3 N–H and O–H groups in total. The van der Waals surface area contributed by atoms with Crippen molar-refractivity contribution >= 4 is 45.8 Å². The van der Waals surface area contributed by atoms with Gasteiger partial charge in [0.05, 0.1) is 16.2 Å². The molecular formula is C11H15ClIN3. The van der Waals surface area contributed by atoms with E-state index in [0.29, 0.717) is 11.0 Å². The van der Waals surface area contributed by atoms with Crippen molar-refractivity contribution in [2.45, 2.75) is 26.3 Å². The van der Waals surface area contributed by atoms with Crippen molar-refractivity contribution in [1.29, 1.82) is 0 Å².